The van der Waals surface area contributed by atoms with E-state index in [0.29, 0.717) is 0 Å². The van der Waals surface area contributed by atoms with E-state index in [2.05, 4.69) is 54.3 Å². The molecule has 1 aliphatic rings. The van der Waals surface area contributed by atoms with Crippen LogP contribution in [0.4, 0.5) is 0 Å². The van der Waals surface area contributed by atoms with Crippen molar-refractivity contribution >= 4 is 16.5 Å². The van der Waals surface area contributed by atoms with Gasteiger partial charge in [-0.25, -0.2) is 0 Å². The number of benzene rings is 1. The van der Waals surface area contributed by atoms with Crippen LogP contribution in [0, 0.1) is 0 Å². The number of hydrogen-bond acceptors (Lipinski definition) is 1. The molecular formula is C16H20N2. The molecule has 0 atom stereocenters. The van der Waals surface area contributed by atoms with Gasteiger partial charge >= 0.3 is 0 Å². The zero-order valence-corrected chi connectivity index (χ0v) is 11.2. The third kappa shape index (κ3) is 1.97. The molecule has 2 heteroatoms. The first-order chi connectivity index (χ1) is 8.78. The van der Waals surface area contributed by atoms with Crippen LogP contribution in [0.5, 0.6) is 0 Å². The lowest BCUT2D eigenvalue weighted by Gasteiger charge is -2.21. The van der Waals surface area contributed by atoms with Gasteiger partial charge in [-0.1, -0.05) is 19.1 Å². The molecule has 0 saturated carbocycles. The summed E-state index contributed by atoms with van der Waals surface area (Å²) >= 11 is 0. The van der Waals surface area contributed by atoms with Crippen LogP contribution in [-0.4, -0.2) is 30.0 Å². The van der Waals surface area contributed by atoms with Crippen molar-refractivity contribution in [3.8, 4) is 0 Å². The second-order valence-electron chi connectivity index (χ2n) is 5.18. The molecule has 0 spiro atoms. The van der Waals surface area contributed by atoms with Crippen molar-refractivity contribution in [3.63, 3.8) is 0 Å². The molecular weight excluding hydrogens is 220 g/mol. The average molecular weight is 240 g/mol. The van der Waals surface area contributed by atoms with Gasteiger partial charge in [0.1, 0.15) is 0 Å². The Morgan fingerprint density at radius 3 is 2.94 bits per heavy atom. The van der Waals surface area contributed by atoms with Gasteiger partial charge in [0.2, 0.25) is 0 Å². The predicted molar refractivity (Wildman–Crippen MR) is 77.8 cm³/mol. The van der Waals surface area contributed by atoms with Crippen molar-refractivity contribution in [2.24, 2.45) is 0 Å². The summed E-state index contributed by atoms with van der Waals surface area (Å²) < 4.78 is 0. The van der Waals surface area contributed by atoms with E-state index < -0.39 is 0 Å². The molecule has 0 unspecified atom stereocenters. The smallest absolute Gasteiger partial charge is 0.0460 e. The maximum atomic E-state index is 3.39. The zero-order chi connectivity index (χ0) is 12.5. The van der Waals surface area contributed by atoms with Crippen molar-refractivity contribution < 1.29 is 0 Å². The fourth-order valence-corrected chi connectivity index (χ4v) is 2.67. The molecule has 2 aromatic rings. The SMILES string of the molecule is CCc1ccc2[nH]cc(C3=CCN(C)CC3)c2c1. The Morgan fingerprint density at radius 1 is 1.33 bits per heavy atom. The summed E-state index contributed by atoms with van der Waals surface area (Å²) in [4.78, 5) is 5.75. The van der Waals surface area contributed by atoms with Crippen LogP contribution in [0.15, 0.2) is 30.5 Å². The van der Waals surface area contributed by atoms with E-state index >= 15 is 0 Å². The average Bonchev–Trinajstić information content (AvgIpc) is 2.82. The summed E-state index contributed by atoms with van der Waals surface area (Å²) in [5.74, 6) is 0. The van der Waals surface area contributed by atoms with Crippen molar-refractivity contribution in [2.75, 3.05) is 20.1 Å². The molecule has 0 bridgehead atoms. The maximum absolute atomic E-state index is 3.39. The van der Waals surface area contributed by atoms with Gasteiger partial charge in [0.15, 0.2) is 0 Å². The third-order valence-corrected chi connectivity index (χ3v) is 3.91. The number of aromatic nitrogens is 1. The number of likely N-dealkylation sites (N-methyl/N-ethyl adjacent to an activating group) is 1. The van der Waals surface area contributed by atoms with E-state index in [4.69, 9.17) is 0 Å². The molecule has 94 valence electrons. The van der Waals surface area contributed by atoms with E-state index in [1.165, 1.54) is 27.6 Å². The molecule has 0 radical (unpaired) electrons. The van der Waals surface area contributed by atoms with Gasteiger partial charge in [0.05, 0.1) is 0 Å². The van der Waals surface area contributed by atoms with E-state index in [1.54, 1.807) is 0 Å². The quantitative estimate of drug-likeness (QED) is 0.852. The highest BCUT2D eigenvalue weighted by Crippen LogP contribution is 2.29. The molecule has 0 saturated heterocycles. The summed E-state index contributed by atoms with van der Waals surface area (Å²) in [6.07, 6.45) is 6.79. The molecule has 1 N–H and O–H groups in total. The number of hydrogen-bond donors (Lipinski definition) is 1. The monoisotopic (exact) mass is 240 g/mol. The van der Waals surface area contributed by atoms with Gasteiger partial charge < -0.3 is 9.88 Å². The lowest BCUT2D eigenvalue weighted by molar-refractivity contribution is 0.370. The highest BCUT2D eigenvalue weighted by molar-refractivity contribution is 5.93. The minimum Gasteiger partial charge on any atom is -0.361 e. The van der Waals surface area contributed by atoms with Gasteiger partial charge in [-0.15, -0.1) is 0 Å². The van der Waals surface area contributed by atoms with Gasteiger partial charge in [0, 0.05) is 35.8 Å². The van der Waals surface area contributed by atoms with Gasteiger partial charge in [-0.05, 0) is 43.2 Å². The van der Waals surface area contributed by atoms with Crippen LogP contribution in [0.25, 0.3) is 16.5 Å². The Labute approximate surface area is 108 Å². The van der Waals surface area contributed by atoms with E-state index in [1.807, 2.05) is 0 Å². The highest BCUT2D eigenvalue weighted by Gasteiger charge is 2.13. The number of aryl methyl sites for hydroxylation is 1. The Bertz CT molecular complexity index is 592. The van der Waals surface area contributed by atoms with Crippen LogP contribution in [-0.2, 0) is 6.42 Å². The van der Waals surface area contributed by atoms with Gasteiger partial charge in [-0.3, -0.25) is 0 Å². The van der Waals surface area contributed by atoms with Crippen molar-refractivity contribution in [3.05, 3.63) is 41.6 Å². The summed E-state index contributed by atoms with van der Waals surface area (Å²) in [5.41, 5.74) is 5.56. The summed E-state index contributed by atoms with van der Waals surface area (Å²) in [6.45, 7) is 4.43. The minimum atomic E-state index is 1.06. The van der Waals surface area contributed by atoms with Crippen LogP contribution in [0.3, 0.4) is 0 Å². The largest absolute Gasteiger partial charge is 0.361 e. The first-order valence-electron chi connectivity index (χ1n) is 6.76. The Balaban J connectivity index is 2.06. The molecule has 2 nitrogen and oxygen atoms in total. The van der Waals surface area contributed by atoms with Crippen LogP contribution < -0.4 is 0 Å². The fraction of sp³-hybridized carbons (Fsp3) is 0.375. The molecule has 1 aromatic carbocycles. The normalized spacial score (nSPS) is 17.1. The van der Waals surface area contributed by atoms with Gasteiger partial charge in [0.25, 0.3) is 0 Å². The van der Waals surface area contributed by atoms with Crippen LogP contribution in [0.1, 0.15) is 24.5 Å². The van der Waals surface area contributed by atoms with Gasteiger partial charge in [-0.2, -0.15) is 0 Å². The molecule has 0 aliphatic carbocycles. The first-order valence-corrected chi connectivity index (χ1v) is 6.76. The second kappa shape index (κ2) is 4.62. The molecule has 18 heavy (non-hydrogen) atoms. The Morgan fingerprint density at radius 2 is 2.22 bits per heavy atom. The number of fused-ring (bicyclic) bond motifs is 1. The highest BCUT2D eigenvalue weighted by atomic mass is 15.1. The standard InChI is InChI=1S/C16H20N2/c1-3-12-4-5-16-14(10-12)15(11-17-16)13-6-8-18(2)9-7-13/h4-6,10-11,17H,3,7-9H2,1-2H3. The van der Waals surface area contributed by atoms with Crippen LogP contribution >= 0.6 is 0 Å². The first kappa shape index (κ1) is 11.5. The summed E-state index contributed by atoms with van der Waals surface area (Å²) in [6, 6.07) is 6.75. The predicted octanol–water partition coefficient (Wildman–Crippen LogP) is 3.45. The number of nitrogens with one attached hydrogen (secondary N) is 1. The number of H-pyrrole nitrogens is 1. The van der Waals surface area contributed by atoms with E-state index in [9.17, 15) is 0 Å². The van der Waals surface area contributed by atoms with Crippen LogP contribution in [0.2, 0.25) is 0 Å². The molecule has 2 heterocycles. The maximum Gasteiger partial charge on any atom is 0.0460 e. The van der Waals surface area contributed by atoms with E-state index in [0.717, 1.165) is 25.9 Å². The zero-order valence-electron chi connectivity index (χ0n) is 11.2. The second-order valence-corrected chi connectivity index (χ2v) is 5.18. The minimum absolute atomic E-state index is 1.06. The van der Waals surface area contributed by atoms with Crippen molar-refractivity contribution in [2.45, 2.75) is 19.8 Å². The van der Waals surface area contributed by atoms with Crippen molar-refractivity contribution in [1.82, 2.24) is 9.88 Å². The number of nitrogens with zero attached hydrogens (tertiary/aromatic N) is 1. The van der Waals surface area contributed by atoms with E-state index in [-0.39, 0.29) is 0 Å². The topological polar surface area (TPSA) is 19.0 Å². The molecule has 1 aromatic heterocycles. The summed E-state index contributed by atoms with van der Waals surface area (Å²) in [7, 11) is 2.18. The lowest BCUT2D eigenvalue weighted by atomic mass is 9.98. The fourth-order valence-electron chi connectivity index (χ4n) is 2.67. The molecule has 1 aliphatic heterocycles. The number of aromatic amines is 1. The molecule has 0 amide bonds. The molecule has 0 fully saturated rings. The lowest BCUT2D eigenvalue weighted by Crippen LogP contribution is -2.23. The number of rotatable bonds is 2. The Kier molecular flexibility index (Phi) is 2.96. The third-order valence-electron chi connectivity index (χ3n) is 3.91. The summed E-state index contributed by atoms with van der Waals surface area (Å²) in [5, 5.41) is 1.38. The Hall–Kier alpha value is -1.54. The molecule has 3 rings (SSSR count). The van der Waals surface area contributed by atoms with Crippen molar-refractivity contribution in [1.29, 1.82) is 0 Å².